The van der Waals surface area contributed by atoms with E-state index < -0.39 is 36.3 Å². The van der Waals surface area contributed by atoms with Crippen LogP contribution in [0.3, 0.4) is 0 Å². The zero-order valence-corrected chi connectivity index (χ0v) is 31.4. The van der Waals surface area contributed by atoms with Gasteiger partial charge < -0.3 is 14.1 Å². The molecule has 2 aromatic carbocycles. The van der Waals surface area contributed by atoms with Gasteiger partial charge in [-0.15, -0.1) is 13.2 Å². The van der Waals surface area contributed by atoms with E-state index in [9.17, 15) is 26.4 Å². The maximum Gasteiger partial charge on any atom is 0.573 e. The highest BCUT2D eigenvalue weighted by atomic mass is 32.2. The number of aromatic nitrogens is 2. The van der Waals surface area contributed by atoms with E-state index >= 15 is 4.39 Å². The van der Waals surface area contributed by atoms with Gasteiger partial charge in [0.25, 0.3) is 15.9 Å². The number of rotatable bonds is 7. The van der Waals surface area contributed by atoms with Crippen LogP contribution in [0.15, 0.2) is 59.6 Å². The van der Waals surface area contributed by atoms with Gasteiger partial charge in [0.1, 0.15) is 11.6 Å². The highest BCUT2D eigenvalue weighted by Crippen LogP contribution is 2.44. The first-order valence-corrected chi connectivity index (χ1v) is 21.5. The van der Waals surface area contributed by atoms with E-state index in [1.165, 1.54) is 16.1 Å². The molecule has 14 heteroatoms. The number of benzene rings is 2. The number of halogens is 4. The molecule has 1 aliphatic carbocycles. The van der Waals surface area contributed by atoms with Crippen molar-refractivity contribution in [2.24, 2.45) is 0 Å². The Morgan fingerprint density at radius 1 is 0.961 bits per heavy atom. The van der Waals surface area contributed by atoms with Gasteiger partial charge >= 0.3 is 6.36 Å². The average molecular weight is 746 g/mol. The van der Waals surface area contributed by atoms with E-state index in [-0.39, 0.29) is 52.2 Å². The summed E-state index contributed by atoms with van der Waals surface area (Å²) in [6, 6.07) is 11.4. The molecule has 0 spiro atoms. The topological polar surface area (TPSA) is 90.7 Å². The molecule has 0 saturated carbocycles. The Kier molecular flexibility index (Phi) is 9.68. The van der Waals surface area contributed by atoms with Crippen molar-refractivity contribution in [1.29, 1.82) is 0 Å². The first-order chi connectivity index (χ1) is 23.8. The fourth-order valence-electron chi connectivity index (χ4n) is 6.96. The van der Waals surface area contributed by atoms with Crippen molar-refractivity contribution < 1.29 is 39.9 Å². The highest BCUT2D eigenvalue weighted by molar-refractivity contribution is 7.90. The van der Waals surface area contributed by atoms with Gasteiger partial charge in [0.15, 0.2) is 14.0 Å². The van der Waals surface area contributed by atoms with Crippen LogP contribution in [0.1, 0.15) is 78.7 Å². The van der Waals surface area contributed by atoms with Gasteiger partial charge in [-0.1, -0.05) is 38.5 Å². The smallest absolute Gasteiger partial charge is 0.414 e. The predicted octanol–water partition coefficient (Wildman–Crippen LogP) is 8.52. The largest absolute Gasteiger partial charge is 0.573 e. The van der Waals surface area contributed by atoms with E-state index in [2.05, 4.69) is 43.6 Å². The maximum absolute atomic E-state index is 16.0. The van der Waals surface area contributed by atoms with Crippen LogP contribution in [-0.2, 0) is 27.3 Å². The summed E-state index contributed by atoms with van der Waals surface area (Å²) >= 11 is 0. The quantitative estimate of drug-likeness (QED) is 0.139. The molecule has 0 radical (unpaired) electrons. The average Bonchev–Trinajstić information content (AvgIpc) is 3.38. The van der Waals surface area contributed by atoms with E-state index in [1.54, 1.807) is 29.2 Å². The second-order valence-electron chi connectivity index (χ2n) is 15.1. The van der Waals surface area contributed by atoms with Crippen molar-refractivity contribution in [3.05, 3.63) is 88.5 Å². The summed E-state index contributed by atoms with van der Waals surface area (Å²) in [5.74, 6) is -1.63. The van der Waals surface area contributed by atoms with Crippen LogP contribution in [0.5, 0.6) is 5.75 Å². The standard InChI is InChI=1S/C37H43F4N3O5SSi/c1-23-7-14-28(15-8-23)50(46,47)44-31-21-27(49-51(5,6)36(2,3)4)13-16-29(31)33-32(30(38)22-42-34(33)44)24-17-19-43(20-18-24)35(45)25-9-11-26(12-10-25)48-37(39,40)41/h7-12,14-15,22,24,27H,13,16-21H2,1-6H3. The van der Waals surface area contributed by atoms with Crippen LogP contribution in [-0.4, -0.2) is 62.1 Å². The number of fused-ring (bicyclic) bond motifs is 3. The second kappa shape index (κ2) is 13.3. The number of carbonyl (C=O) groups is 1. The number of nitrogens with zero attached hydrogens (tertiary/aromatic N) is 3. The van der Waals surface area contributed by atoms with Crippen molar-refractivity contribution in [2.45, 2.75) is 101 Å². The SMILES string of the molecule is Cc1ccc(S(=O)(=O)n2c3c(c4c(C5CCN(C(=O)c6ccc(OC(F)(F)F)cc6)CC5)c(F)cnc42)CCC(O[Si](C)(C)C(C)(C)C)C3)cc1. The number of likely N-dealkylation sites (tertiary alicyclic amines) is 1. The van der Waals surface area contributed by atoms with Crippen LogP contribution in [0, 0.1) is 12.7 Å². The number of piperidine rings is 1. The van der Waals surface area contributed by atoms with Crippen LogP contribution in [0.25, 0.3) is 11.0 Å². The predicted molar refractivity (Wildman–Crippen MR) is 189 cm³/mol. The maximum atomic E-state index is 16.0. The summed E-state index contributed by atoms with van der Waals surface area (Å²) in [6.07, 6.45) is -1.68. The number of hydrogen-bond donors (Lipinski definition) is 0. The van der Waals surface area contributed by atoms with E-state index in [1.807, 2.05) is 6.92 Å². The zero-order valence-electron chi connectivity index (χ0n) is 29.6. The summed E-state index contributed by atoms with van der Waals surface area (Å²) in [6.45, 7) is 13.3. The van der Waals surface area contributed by atoms with Gasteiger partial charge in [0.2, 0.25) is 0 Å². The van der Waals surface area contributed by atoms with Crippen LogP contribution < -0.4 is 4.74 Å². The molecular formula is C37H43F4N3O5SSi. The molecule has 1 fully saturated rings. The van der Waals surface area contributed by atoms with Crippen LogP contribution in [0.2, 0.25) is 18.1 Å². The number of aryl methyl sites for hydroxylation is 2. The third kappa shape index (κ3) is 7.32. The van der Waals surface area contributed by atoms with Crippen molar-refractivity contribution >= 4 is 35.3 Å². The van der Waals surface area contributed by atoms with Crippen molar-refractivity contribution in [2.75, 3.05) is 13.1 Å². The number of ether oxygens (including phenoxy) is 1. The number of amides is 1. The molecule has 0 N–H and O–H groups in total. The lowest BCUT2D eigenvalue weighted by Gasteiger charge is -2.40. The summed E-state index contributed by atoms with van der Waals surface area (Å²) in [5, 5.41) is 0.462. The Labute approximate surface area is 296 Å². The van der Waals surface area contributed by atoms with Gasteiger partial charge in [-0.3, -0.25) is 4.79 Å². The molecule has 2 aromatic heterocycles. The van der Waals surface area contributed by atoms with Gasteiger partial charge in [0, 0.05) is 41.7 Å². The zero-order chi connectivity index (χ0) is 37.1. The van der Waals surface area contributed by atoms with Crippen molar-refractivity contribution in [3.8, 4) is 5.75 Å². The molecule has 1 unspecified atom stereocenters. The first kappa shape index (κ1) is 37.0. The van der Waals surface area contributed by atoms with Gasteiger partial charge in [-0.25, -0.2) is 21.8 Å². The summed E-state index contributed by atoms with van der Waals surface area (Å²) in [5.41, 5.74) is 3.03. The van der Waals surface area contributed by atoms with E-state index in [0.29, 0.717) is 48.7 Å². The normalized spacial score (nSPS) is 17.8. The summed E-state index contributed by atoms with van der Waals surface area (Å²) in [7, 11) is -6.34. The number of carbonyl (C=O) groups excluding carboxylic acids is 1. The molecule has 8 nitrogen and oxygen atoms in total. The van der Waals surface area contributed by atoms with Crippen LogP contribution >= 0.6 is 0 Å². The minimum absolute atomic E-state index is 0.0486. The van der Waals surface area contributed by atoms with Gasteiger partial charge in [-0.2, -0.15) is 0 Å². The highest BCUT2D eigenvalue weighted by Gasteiger charge is 2.42. The lowest BCUT2D eigenvalue weighted by atomic mass is 9.84. The molecule has 2 aliphatic rings. The minimum Gasteiger partial charge on any atom is -0.414 e. The summed E-state index contributed by atoms with van der Waals surface area (Å²) < 4.78 is 94.7. The Morgan fingerprint density at radius 2 is 1.59 bits per heavy atom. The molecule has 6 rings (SSSR count). The van der Waals surface area contributed by atoms with Gasteiger partial charge in [-0.05, 0) is 98.6 Å². The molecule has 51 heavy (non-hydrogen) atoms. The monoisotopic (exact) mass is 745 g/mol. The molecule has 3 heterocycles. The third-order valence-electron chi connectivity index (χ3n) is 10.6. The Balaban J connectivity index is 1.35. The van der Waals surface area contributed by atoms with Crippen LogP contribution in [0.4, 0.5) is 17.6 Å². The summed E-state index contributed by atoms with van der Waals surface area (Å²) in [4.78, 5) is 19.4. The molecule has 1 saturated heterocycles. The molecule has 1 atom stereocenters. The number of pyridine rings is 1. The van der Waals surface area contributed by atoms with Gasteiger partial charge in [0.05, 0.1) is 17.2 Å². The van der Waals surface area contributed by atoms with E-state index in [0.717, 1.165) is 29.5 Å². The Hall–Kier alpha value is -3.75. The minimum atomic E-state index is -4.84. The number of hydrogen-bond acceptors (Lipinski definition) is 6. The Morgan fingerprint density at radius 3 is 2.18 bits per heavy atom. The fourth-order valence-corrected chi connectivity index (χ4v) is 9.88. The number of alkyl halides is 3. The van der Waals surface area contributed by atoms with Crippen molar-refractivity contribution in [1.82, 2.24) is 13.9 Å². The lowest BCUT2D eigenvalue weighted by molar-refractivity contribution is -0.274. The molecule has 0 bridgehead atoms. The molecule has 1 aliphatic heterocycles. The Bertz CT molecular complexity index is 2050. The third-order valence-corrected chi connectivity index (χ3v) is 16.9. The molecular weight excluding hydrogens is 703 g/mol. The lowest BCUT2D eigenvalue weighted by Crippen LogP contribution is -2.45. The second-order valence-corrected chi connectivity index (χ2v) is 21.7. The molecule has 4 aromatic rings. The molecule has 274 valence electrons. The fraction of sp³-hybridized carbons (Fsp3) is 0.459. The first-order valence-electron chi connectivity index (χ1n) is 17.1. The van der Waals surface area contributed by atoms with Crippen molar-refractivity contribution in [3.63, 3.8) is 0 Å². The van der Waals surface area contributed by atoms with E-state index in [4.69, 9.17) is 4.43 Å². The molecule has 1 amide bonds.